The predicted molar refractivity (Wildman–Crippen MR) is 85.5 cm³/mol. The van der Waals surface area contributed by atoms with E-state index in [1.54, 1.807) is 6.21 Å². The van der Waals surface area contributed by atoms with Crippen molar-refractivity contribution in [3.63, 3.8) is 0 Å². The molecule has 1 nitrogen and oxygen atoms in total. The molecule has 0 aliphatic heterocycles. The van der Waals surface area contributed by atoms with E-state index in [1.807, 2.05) is 18.2 Å². The minimum atomic E-state index is 0.241. The Morgan fingerprint density at radius 2 is 1.70 bits per heavy atom. The highest BCUT2D eigenvalue weighted by Gasteiger charge is 2.27. The SMILES string of the molecule is N=CC1CCC(c2ccc(Cl)c(Cl)c2)c2ccccc21. The average molecular weight is 304 g/mol. The van der Waals surface area contributed by atoms with Gasteiger partial charge in [-0.2, -0.15) is 0 Å². The van der Waals surface area contributed by atoms with E-state index >= 15 is 0 Å². The molecular formula is C17H15Cl2N. The first-order valence-electron chi connectivity index (χ1n) is 6.75. The predicted octanol–water partition coefficient (Wildman–Crippen LogP) is 5.65. The van der Waals surface area contributed by atoms with Crippen LogP contribution in [0.15, 0.2) is 42.5 Å². The molecule has 20 heavy (non-hydrogen) atoms. The Morgan fingerprint density at radius 3 is 2.40 bits per heavy atom. The molecule has 1 N–H and O–H groups in total. The normalized spacial score (nSPS) is 21.3. The van der Waals surface area contributed by atoms with Crippen LogP contribution in [0.4, 0.5) is 0 Å². The molecule has 0 fully saturated rings. The number of fused-ring (bicyclic) bond motifs is 1. The van der Waals surface area contributed by atoms with Crippen LogP contribution in [0.2, 0.25) is 10.0 Å². The third kappa shape index (κ3) is 2.36. The van der Waals surface area contributed by atoms with Gasteiger partial charge in [-0.15, -0.1) is 0 Å². The summed E-state index contributed by atoms with van der Waals surface area (Å²) >= 11 is 12.2. The van der Waals surface area contributed by atoms with Crippen LogP contribution >= 0.6 is 23.2 Å². The van der Waals surface area contributed by atoms with Crippen molar-refractivity contribution in [1.82, 2.24) is 0 Å². The number of nitrogens with one attached hydrogen (secondary N) is 1. The van der Waals surface area contributed by atoms with Crippen LogP contribution in [0.5, 0.6) is 0 Å². The third-order valence-corrected chi connectivity index (χ3v) is 4.82. The Hall–Kier alpha value is -1.31. The fourth-order valence-corrected chi connectivity index (χ4v) is 3.38. The Balaban J connectivity index is 2.07. The summed E-state index contributed by atoms with van der Waals surface area (Å²) in [7, 11) is 0. The zero-order chi connectivity index (χ0) is 14.1. The highest BCUT2D eigenvalue weighted by atomic mass is 35.5. The molecule has 0 spiro atoms. The highest BCUT2D eigenvalue weighted by molar-refractivity contribution is 6.42. The molecular weight excluding hydrogens is 289 g/mol. The third-order valence-electron chi connectivity index (χ3n) is 4.08. The van der Waals surface area contributed by atoms with Gasteiger partial charge in [-0.1, -0.05) is 53.5 Å². The zero-order valence-electron chi connectivity index (χ0n) is 10.9. The molecule has 2 unspecified atom stereocenters. The second-order valence-electron chi connectivity index (χ2n) is 5.21. The Labute approximate surface area is 129 Å². The molecule has 0 saturated heterocycles. The summed E-state index contributed by atoms with van der Waals surface area (Å²) < 4.78 is 0. The van der Waals surface area contributed by atoms with Gasteiger partial charge in [-0.25, -0.2) is 0 Å². The monoisotopic (exact) mass is 303 g/mol. The maximum atomic E-state index is 7.60. The van der Waals surface area contributed by atoms with Crippen LogP contribution in [-0.4, -0.2) is 6.21 Å². The Kier molecular flexibility index (Phi) is 3.82. The maximum Gasteiger partial charge on any atom is 0.0595 e. The van der Waals surface area contributed by atoms with E-state index in [1.165, 1.54) is 16.7 Å². The van der Waals surface area contributed by atoms with Crippen LogP contribution in [0, 0.1) is 5.41 Å². The van der Waals surface area contributed by atoms with E-state index in [0.717, 1.165) is 12.8 Å². The van der Waals surface area contributed by atoms with Crippen LogP contribution in [0.1, 0.15) is 41.4 Å². The molecule has 2 atom stereocenters. The van der Waals surface area contributed by atoms with Gasteiger partial charge in [0.15, 0.2) is 0 Å². The summed E-state index contributed by atoms with van der Waals surface area (Å²) in [6.45, 7) is 0. The van der Waals surface area contributed by atoms with Gasteiger partial charge in [0, 0.05) is 18.1 Å². The minimum Gasteiger partial charge on any atom is -0.312 e. The van der Waals surface area contributed by atoms with Gasteiger partial charge in [0.05, 0.1) is 10.0 Å². The summed E-state index contributed by atoms with van der Waals surface area (Å²) in [5, 5.41) is 8.80. The first-order valence-corrected chi connectivity index (χ1v) is 7.50. The second kappa shape index (κ2) is 5.59. The number of rotatable bonds is 2. The smallest absolute Gasteiger partial charge is 0.0595 e. The first-order chi connectivity index (χ1) is 9.70. The standard InChI is InChI=1S/C17H15Cl2N/c18-16-8-6-11(9-17(16)19)14-7-5-12(10-20)13-3-1-2-4-15(13)14/h1-4,6,8-10,12,14,20H,5,7H2. The van der Waals surface area contributed by atoms with Gasteiger partial charge >= 0.3 is 0 Å². The van der Waals surface area contributed by atoms with Gasteiger partial charge in [-0.3, -0.25) is 0 Å². The number of hydrogen-bond donors (Lipinski definition) is 1. The van der Waals surface area contributed by atoms with Crippen LogP contribution < -0.4 is 0 Å². The average Bonchev–Trinajstić information content (AvgIpc) is 2.49. The van der Waals surface area contributed by atoms with Gasteiger partial charge in [0.2, 0.25) is 0 Å². The van der Waals surface area contributed by atoms with Gasteiger partial charge in [-0.05, 0) is 41.7 Å². The quantitative estimate of drug-likeness (QED) is 0.693. The summed E-state index contributed by atoms with van der Waals surface area (Å²) in [5.74, 6) is 0.586. The van der Waals surface area contributed by atoms with Crippen molar-refractivity contribution < 1.29 is 0 Å². The number of hydrogen-bond acceptors (Lipinski definition) is 1. The molecule has 3 heteroatoms. The van der Waals surface area contributed by atoms with Crippen molar-refractivity contribution in [2.45, 2.75) is 24.7 Å². The maximum absolute atomic E-state index is 7.60. The van der Waals surface area contributed by atoms with Crippen molar-refractivity contribution in [3.05, 3.63) is 69.2 Å². The topological polar surface area (TPSA) is 23.9 Å². The highest BCUT2D eigenvalue weighted by Crippen LogP contribution is 2.42. The lowest BCUT2D eigenvalue weighted by atomic mass is 9.74. The van der Waals surface area contributed by atoms with Crippen LogP contribution in [0.3, 0.4) is 0 Å². The molecule has 2 aromatic rings. The molecule has 3 rings (SSSR count). The molecule has 0 saturated carbocycles. The molecule has 0 aromatic heterocycles. The fourth-order valence-electron chi connectivity index (χ4n) is 3.07. The first kappa shape index (κ1) is 13.7. The van der Waals surface area contributed by atoms with Gasteiger partial charge in [0.25, 0.3) is 0 Å². The lowest BCUT2D eigenvalue weighted by Crippen LogP contribution is -2.16. The molecule has 102 valence electrons. The minimum absolute atomic E-state index is 0.241. The van der Waals surface area contributed by atoms with Crippen molar-refractivity contribution in [2.75, 3.05) is 0 Å². The Morgan fingerprint density at radius 1 is 0.950 bits per heavy atom. The van der Waals surface area contributed by atoms with E-state index in [9.17, 15) is 0 Å². The fraction of sp³-hybridized carbons (Fsp3) is 0.235. The molecule has 0 heterocycles. The van der Waals surface area contributed by atoms with E-state index in [-0.39, 0.29) is 5.92 Å². The van der Waals surface area contributed by atoms with Crippen molar-refractivity contribution in [2.24, 2.45) is 0 Å². The van der Waals surface area contributed by atoms with Crippen molar-refractivity contribution >= 4 is 29.4 Å². The summed E-state index contributed by atoms with van der Waals surface area (Å²) in [6, 6.07) is 14.3. The Bertz CT molecular complexity index is 651. The number of halogens is 2. The van der Waals surface area contributed by atoms with Gasteiger partial charge in [0.1, 0.15) is 0 Å². The van der Waals surface area contributed by atoms with E-state index in [4.69, 9.17) is 28.6 Å². The van der Waals surface area contributed by atoms with E-state index in [0.29, 0.717) is 16.0 Å². The van der Waals surface area contributed by atoms with Crippen LogP contribution in [-0.2, 0) is 0 Å². The zero-order valence-corrected chi connectivity index (χ0v) is 12.5. The summed E-state index contributed by atoms with van der Waals surface area (Å²) in [5.41, 5.74) is 3.78. The van der Waals surface area contributed by atoms with Crippen LogP contribution in [0.25, 0.3) is 0 Å². The lowest BCUT2D eigenvalue weighted by molar-refractivity contribution is 0.594. The molecule has 0 amide bonds. The second-order valence-corrected chi connectivity index (χ2v) is 6.02. The van der Waals surface area contributed by atoms with Gasteiger partial charge < -0.3 is 5.41 Å². The van der Waals surface area contributed by atoms with Crippen molar-refractivity contribution in [3.8, 4) is 0 Å². The number of benzene rings is 2. The summed E-state index contributed by atoms with van der Waals surface area (Å²) in [6.07, 6.45) is 3.60. The van der Waals surface area contributed by atoms with Crippen molar-refractivity contribution in [1.29, 1.82) is 5.41 Å². The molecule has 1 aliphatic carbocycles. The lowest BCUT2D eigenvalue weighted by Gasteiger charge is -2.30. The molecule has 0 radical (unpaired) electrons. The summed E-state index contributed by atoms with van der Waals surface area (Å²) in [4.78, 5) is 0. The molecule has 2 aromatic carbocycles. The molecule has 0 bridgehead atoms. The molecule has 1 aliphatic rings. The van der Waals surface area contributed by atoms with E-state index < -0.39 is 0 Å². The largest absolute Gasteiger partial charge is 0.312 e. The van der Waals surface area contributed by atoms with E-state index in [2.05, 4.69) is 24.3 Å².